The molecule has 1 unspecified atom stereocenters. The number of nitrogens with one attached hydrogen (secondary N) is 1. The molecule has 1 aliphatic rings. The standard InChI is InChI=1S/C33H44N4O6/c1-4-13-37(14-5-2)32(42)33(18-24(30(34)40)17-25(19-33)31(35)41)28(16-22-9-11-26(38)12-10-22)29(39)21-36-20-23-7-6-8-27(15-23)43-3/h6-12,15,17-18,28-29,36,38-39H,4-5,13-14,16,19-21H2,1-3H3,(H2,34,40)(H2,35,41)/t28-,29+,33?/m1/s1. The number of amides is 3. The van der Waals surface area contributed by atoms with E-state index in [0.717, 1.165) is 11.1 Å². The number of hydrogen-bond donors (Lipinski definition) is 5. The average Bonchev–Trinajstić information content (AvgIpc) is 2.99. The molecule has 0 saturated heterocycles. The third-order valence-electron chi connectivity index (χ3n) is 7.83. The Morgan fingerprint density at radius 3 is 2.28 bits per heavy atom. The number of rotatable bonds is 16. The number of phenols is 1. The highest BCUT2D eigenvalue weighted by atomic mass is 16.5. The van der Waals surface area contributed by atoms with Crippen LogP contribution in [0.25, 0.3) is 0 Å². The van der Waals surface area contributed by atoms with Gasteiger partial charge in [0.2, 0.25) is 17.7 Å². The molecule has 0 aromatic heterocycles. The molecular formula is C33H44N4O6. The Morgan fingerprint density at radius 1 is 1.02 bits per heavy atom. The summed E-state index contributed by atoms with van der Waals surface area (Å²) < 4.78 is 5.31. The third-order valence-corrected chi connectivity index (χ3v) is 7.83. The predicted octanol–water partition coefficient (Wildman–Crippen LogP) is 2.57. The number of carbonyl (C=O) groups is 3. The van der Waals surface area contributed by atoms with Crippen molar-refractivity contribution in [2.45, 2.75) is 52.2 Å². The normalized spacial score (nSPS) is 17.8. The summed E-state index contributed by atoms with van der Waals surface area (Å²) in [7, 11) is 1.59. The number of ether oxygens (including phenoxy) is 1. The molecule has 3 atom stereocenters. The van der Waals surface area contributed by atoms with Gasteiger partial charge in [-0.05, 0) is 67.2 Å². The Balaban J connectivity index is 2.12. The summed E-state index contributed by atoms with van der Waals surface area (Å²) >= 11 is 0. The average molecular weight is 593 g/mol. The first-order valence-electron chi connectivity index (χ1n) is 14.7. The minimum Gasteiger partial charge on any atom is -0.508 e. The molecule has 7 N–H and O–H groups in total. The van der Waals surface area contributed by atoms with Crippen molar-refractivity contribution in [1.82, 2.24) is 10.2 Å². The lowest BCUT2D eigenvalue weighted by molar-refractivity contribution is -0.145. The van der Waals surface area contributed by atoms with Crippen LogP contribution in [0.5, 0.6) is 11.5 Å². The van der Waals surface area contributed by atoms with Crippen LogP contribution in [0.3, 0.4) is 0 Å². The second-order valence-electron chi connectivity index (χ2n) is 11.0. The van der Waals surface area contributed by atoms with Crippen molar-refractivity contribution in [3.63, 3.8) is 0 Å². The summed E-state index contributed by atoms with van der Waals surface area (Å²) in [5.41, 5.74) is 11.7. The first-order chi connectivity index (χ1) is 20.5. The number of nitrogens with two attached hydrogens (primary N) is 2. The van der Waals surface area contributed by atoms with E-state index in [1.54, 1.807) is 24.1 Å². The molecule has 3 rings (SSSR count). The van der Waals surface area contributed by atoms with Crippen LogP contribution in [0.2, 0.25) is 0 Å². The van der Waals surface area contributed by atoms with Gasteiger partial charge in [-0.3, -0.25) is 14.4 Å². The van der Waals surface area contributed by atoms with Crippen LogP contribution in [-0.4, -0.2) is 65.7 Å². The van der Waals surface area contributed by atoms with Gasteiger partial charge in [-0.25, -0.2) is 0 Å². The van der Waals surface area contributed by atoms with E-state index in [0.29, 0.717) is 38.2 Å². The predicted molar refractivity (Wildman–Crippen MR) is 165 cm³/mol. The second kappa shape index (κ2) is 15.4. The highest BCUT2D eigenvalue weighted by Crippen LogP contribution is 2.46. The Hall–Kier alpha value is -4.15. The fraction of sp³-hybridized carbons (Fsp3) is 0.424. The number of aromatic hydroxyl groups is 1. The van der Waals surface area contributed by atoms with Gasteiger partial charge in [0, 0.05) is 43.2 Å². The molecule has 0 aliphatic heterocycles. The van der Waals surface area contributed by atoms with Crippen molar-refractivity contribution >= 4 is 17.7 Å². The number of primary amides is 2. The molecule has 3 amide bonds. The van der Waals surface area contributed by atoms with Crippen LogP contribution >= 0.6 is 0 Å². The number of carbonyl (C=O) groups excluding carboxylic acids is 3. The number of phenolic OH excluding ortho intramolecular Hbond substituents is 1. The summed E-state index contributed by atoms with van der Waals surface area (Å²) in [5, 5.41) is 25.0. The molecule has 2 aromatic carbocycles. The minimum atomic E-state index is -1.51. The Morgan fingerprint density at radius 2 is 1.70 bits per heavy atom. The van der Waals surface area contributed by atoms with Crippen LogP contribution in [0.4, 0.5) is 0 Å². The van der Waals surface area contributed by atoms with Crippen molar-refractivity contribution in [2.24, 2.45) is 22.8 Å². The third kappa shape index (κ3) is 8.46. The second-order valence-corrected chi connectivity index (χ2v) is 11.0. The molecule has 0 heterocycles. The summed E-state index contributed by atoms with van der Waals surface area (Å²) in [6.07, 6.45) is 3.25. The lowest BCUT2D eigenvalue weighted by Gasteiger charge is -2.45. The van der Waals surface area contributed by atoms with Crippen LogP contribution in [0.1, 0.15) is 44.2 Å². The van der Waals surface area contributed by atoms with Gasteiger partial charge in [-0.2, -0.15) is 0 Å². The molecule has 10 heteroatoms. The van der Waals surface area contributed by atoms with Crippen LogP contribution in [0, 0.1) is 11.3 Å². The van der Waals surface area contributed by atoms with E-state index in [1.807, 2.05) is 38.1 Å². The summed E-state index contributed by atoms with van der Waals surface area (Å²) in [6, 6.07) is 14.1. The summed E-state index contributed by atoms with van der Waals surface area (Å²) in [6.45, 7) is 5.38. The molecule has 232 valence electrons. The number of methoxy groups -OCH3 is 1. The van der Waals surface area contributed by atoms with Gasteiger partial charge in [0.05, 0.1) is 18.6 Å². The van der Waals surface area contributed by atoms with Gasteiger partial charge in [0.15, 0.2) is 0 Å². The number of aliphatic hydroxyl groups is 1. The molecule has 0 spiro atoms. The maximum atomic E-state index is 14.7. The first-order valence-corrected chi connectivity index (χ1v) is 14.7. The van der Waals surface area contributed by atoms with Crippen LogP contribution in [-0.2, 0) is 27.3 Å². The highest BCUT2D eigenvalue weighted by Gasteiger charge is 2.51. The Labute approximate surface area is 253 Å². The van der Waals surface area contributed by atoms with E-state index in [4.69, 9.17) is 16.2 Å². The molecule has 10 nitrogen and oxygen atoms in total. The van der Waals surface area contributed by atoms with Crippen molar-refractivity contribution in [2.75, 3.05) is 26.7 Å². The van der Waals surface area contributed by atoms with Crippen molar-refractivity contribution < 1.29 is 29.3 Å². The minimum absolute atomic E-state index is 0.00593. The quantitative estimate of drug-likeness (QED) is 0.200. The van der Waals surface area contributed by atoms with Gasteiger partial charge >= 0.3 is 0 Å². The van der Waals surface area contributed by atoms with E-state index in [-0.39, 0.29) is 42.2 Å². The van der Waals surface area contributed by atoms with E-state index < -0.39 is 29.3 Å². The molecule has 0 fully saturated rings. The molecule has 1 aliphatic carbocycles. The molecule has 0 bridgehead atoms. The summed E-state index contributed by atoms with van der Waals surface area (Å²) in [5.74, 6) is -1.90. The van der Waals surface area contributed by atoms with E-state index in [9.17, 15) is 24.6 Å². The lowest BCUT2D eigenvalue weighted by Crippen LogP contribution is -2.54. The summed E-state index contributed by atoms with van der Waals surface area (Å²) in [4.78, 5) is 41.5. The zero-order chi connectivity index (χ0) is 31.6. The van der Waals surface area contributed by atoms with Crippen LogP contribution in [0.15, 0.2) is 71.8 Å². The van der Waals surface area contributed by atoms with Gasteiger partial charge in [0.1, 0.15) is 11.5 Å². The fourth-order valence-electron chi connectivity index (χ4n) is 5.74. The first kappa shape index (κ1) is 33.4. The highest BCUT2D eigenvalue weighted by molar-refractivity contribution is 6.03. The molecule has 0 saturated carbocycles. The Kier molecular flexibility index (Phi) is 11.9. The smallest absolute Gasteiger partial charge is 0.248 e. The van der Waals surface area contributed by atoms with E-state index in [1.165, 1.54) is 24.3 Å². The topological polar surface area (TPSA) is 168 Å². The van der Waals surface area contributed by atoms with Crippen molar-refractivity contribution in [3.8, 4) is 11.5 Å². The van der Waals surface area contributed by atoms with Crippen molar-refractivity contribution in [3.05, 3.63) is 83.0 Å². The number of aliphatic hydroxyl groups excluding tert-OH is 1. The fourth-order valence-corrected chi connectivity index (χ4v) is 5.74. The number of benzene rings is 2. The molecular weight excluding hydrogens is 548 g/mol. The largest absolute Gasteiger partial charge is 0.508 e. The van der Waals surface area contributed by atoms with Crippen LogP contribution < -0.4 is 21.5 Å². The Bertz CT molecular complexity index is 1330. The molecule has 43 heavy (non-hydrogen) atoms. The monoisotopic (exact) mass is 592 g/mol. The number of hydrogen-bond acceptors (Lipinski definition) is 7. The zero-order valence-electron chi connectivity index (χ0n) is 25.2. The van der Waals surface area contributed by atoms with E-state index >= 15 is 0 Å². The zero-order valence-corrected chi connectivity index (χ0v) is 25.2. The maximum absolute atomic E-state index is 14.7. The molecule has 0 radical (unpaired) electrons. The van der Waals surface area contributed by atoms with Gasteiger partial charge in [0.25, 0.3) is 0 Å². The maximum Gasteiger partial charge on any atom is 0.248 e. The van der Waals surface area contributed by atoms with E-state index in [2.05, 4.69) is 5.32 Å². The lowest BCUT2D eigenvalue weighted by atomic mass is 9.62. The van der Waals surface area contributed by atoms with Gasteiger partial charge < -0.3 is 36.6 Å². The SMILES string of the molecule is CCCN(CCC)C(=O)C1([C@H](Cc2ccc(O)cc2)[C@@H](O)CNCc2cccc(OC)c2)C=C(C(N)=O)C=C(C(N)=O)C1. The van der Waals surface area contributed by atoms with Gasteiger partial charge in [-0.1, -0.05) is 44.2 Å². The molecule has 2 aromatic rings. The number of nitrogens with zero attached hydrogens (tertiary/aromatic N) is 1. The van der Waals surface area contributed by atoms with Crippen molar-refractivity contribution in [1.29, 1.82) is 0 Å². The van der Waals surface area contributed by atoms with Gasteiger partial charge in [-0.15, -0.1) is 0 Å².